The molecule has 0 aromatic carbocycles. The van der Waals surface area contributed by atoms with E-state index >= 15 is 0 Å². The van der Waals surface area contributed by atoms with Crippen molar-refractivity contribution in [2.45, 2.75) is 39.7 Å². The number of aromatic nitrogens is 2. The first-order valence-electron chi connectivity index (χ1n) is 6.12. The molecular weight excluding hydrogens is 218 g/mol. The maximum atomic E-state index is 5.98. The van der Waals surface area contributed by atoms with Crippen LogP contribution >= 0.6 is 0 Å². The fourth-order valence-electron chi connectivity index (χ4n) is 1.59. The highest BCUT2D eigenvalue weighted by Gasteiger charge is 2.13. The second-order valence-corrected chi connectivity index (χ2v) is 4.31. The molecule has 17 heavy (non-hydrogen) atoms. The van der Waals surface area contributed by atoms with E-state index in [2.05, 4.69) is 12.0 Å². The Bertz CT molecular complexity index is 348. The monoisotopic (exact) mass is 241 g/mol. The molecule has 1 heterocycles. The number of nitrogens with zero attached hydrogens (tertiary/aromatic N) is 2. The normalized spacial score (nSPS) is 11.1. The van der Waals surface area contributed by atoms with E-state index in [0.29, 0.717) is 24.8 Å². The fraction of sp³-hybridized carbons (Fsp3) is 0.750. The van der Waals surface area contributed by atoms with Gasteiger partial charge >= 0.3 is 0 Å². The van der Waals surface area contributed by atoms with E-state index < -0.39 is 0 Å². The van der Waals surface area contributed by atoms with Crippen LogP contribution in [0.25, 0.3) is 0 Å². The molecule has 2 N–H and O–H groups in total. The lowest BCUT2D eigenvalue weighted by Gasteiger charge is -2.09. The summed E-state index contributed by atoms with van der Waals surface area (Å²) in [4.78, 5) is 0. The molecule has 0 saturated carbocycles. The zero-order valence-corrected chi connectivity index (χ0v) is 11.2. The van der Waals surface area contributed by atoms with E-state index in [1.807, 2.05) is 20.9 Å². The summed E-state index contributed by atoms with van der Waals surface area (Å²) < 4.78 is 12.7. The lowest BCUT2D eigenvalue weighted by Crippen LogP contribution is -2.13. The van der Waals surface area contributed by atoms with Crippen molar-refractivity contribution in [2.24, 2.45) is 7.05 Å². The molecule has 5 heteroatoms. The van der Waals surface area contributed by atoms with Crippen molar-refractivity contribution in [3.63, 3.8) is 0 Å². The van der Waals surface area contributed by atoms with E-state index in [9.17, 15) is 0 Å². The highest BCUT2D eigenvalue weighted by atomic mass is 16.5. The van der Waals surface area contributed by atoms with Crippen LogP contribution in [-0.2, 0) is 18.2 Å². The molecule has 0 saturated heterocycles. The molecule has 1 rings (SSSR count). The molecule has 0 aliphatic heterocycles. The molecule has 1 aromatic rings. The van der Waals surface area contributed by atoms with Crippen molar-refractivity contribution in [1.82, 2.24) is 9.78 Å². The highest BCUT2D eigenvalue weighted by Crippen LogP contribution is 2.25. The van der Waals surface area contributed by atoms with Crippen molar-refractivity contribution >= 4 is 5.69 Å². The van der Waals surface area contributed by atoms with Crippen molar-refractivity contribution < 1.29 is 9.47 Å². The Morgan fingerprint density at radius 3 is 2.65 bits per heavy atom. The molecule has 0 spiro atoms. The van der Waals surface area contributed by atoms with E-state index in [0.717, 1.165) is 18.5 Å². The van der Waals surface area contributed by atoms with Crippen LogP contribution in [0, 0.1) is 0 Å². The van der Waals surface area contributed by atoms with Crippen LogP contribution in [0.3, 0.4) is 0 Å². The van der Waals surface area contributed by atoms with E-state index in [1.54, 1.807) is 4.68 Å². The van der Waals surface area contributed by atoms with Gasteiger partial charge in [0.25, 0.3) is 0 Å². The third-order valence-corrected chi connectivity index (χ3v) is 2.37. The number of hydrogen-bond acceptors (Lipinski definition) is 4. The van der Waals surface area contributed by atoms with Crippen LogP contribution in [0.4, 0.5) is 5.69 Å². The van der Waals surface area contributed by atoms with Crippen LogP contribution < -0.4 is 10.5 Å². The maximum Gasteiger partial charge on any atom is 0.235 e. The predicted octanol–water partition coefficient (Wildman–Crippen LogP) is 1.76. The third-order valence-electron chi connectivity index (χ3n) is 2.37. The average Bonchev–Trinajstić information content (AvgIpc) is 2.51. The molecule has 0 radical (unpaired) electrons. The highest BCUT2D eigenvalue weighted by molar-refractivity contribution is 5.53. The number of anilines is 1. The third kappa shape index (κ3) is 3.93. The first kappa shape index (κ1) is 13.8. The molecule has 0 bridgehead atoms. The topological polar surface area (TPSA) is 62.3 Å². The number of hydrogen-bond donors (Lipinski definition) is 1. The van der Waals surface area contributed by atoms with Gasteiger partial charge in [-0.1, -0.05) is 13.3 Å². The van der Waals surface area contributed by atoms with Gasteiger partial charge in [-0.2, -0.15) is 5.10 Å². The van der Waals surface area contributed by atoms with Gasteiger partial charge in [0.1, 0.15) is 12.3 Å². The standard InChI is InChI=1S/C12H23N3O2/c1-5-6-10-11(13)12(15(4)14-10)17-8-7-16-9(2)3/h9H,5-8,13H2,1-4H3. The van der Waals surface area contributed by atoms with Crippen molar-refractivity contribution in [3.8, 4) is 5.88 Å². The second kappa shape index (κ2) is 6.49. The summed E-state index contributed by atoms with van der Waals surface area (Å²) in [5.74, 6) is 0.640. The van der Waals surface area contributed by atoms with Gasteiger partial charge in [0.05, 0.1) is 18.4 Å². The summed E-state index contributed by atoms with van der Waals surface area (Å²) in [6, 6.07) is 0. The minimum Gasteiger partial charge on any atom is -0.474 e. The number of ether oxygens (including phenoxy) is 2. The molecule has 0 amide bonds. The Balaban J connectivity index is 2.52. The van der Waals surface area contributed by atoms with Crippen molar-refractivity contribution in [3.05, 3.63) is 5.69 Å². The fourth-order valence-corrected chi connectivity index (χ4v) is 1.59. The molecule has 0 atom stereocenters. The summed E-state index contributed by atoms with van der Waals surface area (Å²) in [5, 5.41) is 4.34. The lowest BCUT2D eigenvalue weighted by molar-refractivity contribution is 0.0535. The maximum absolute atomic E-state index is 5.98. The van der Waals surface area contributed by atoms with Gasteiger partial charge in [-0.15, -0.1) is 0 Å². The predicted molar refractivity (Wildman–Crippen MR) is 68.2 cm³/mol. The number of aryl methyl sites for hydroxylation is 2. The zero-order valence-electron chi connectivity index (χ0n) is 11.2. The summed E-state index contributed by atoms with van der Waals surface area (Å²) in [6.45, 7) is 7.15. The van der Waals surface area contributed by atoms with Gasteiger partial charge in [-0.3, -0.25) is 0 Å². The Labute approximate surface area is 103 Å². The van der Waals surface area contributed by atoms with Crippen LogP contribution in [0.2, 0.25) is 0 Å². The minimum absolute atomic E-state index is 0.220. The largest absolute Gasteiger partial charge is 0.474 e. The van der Waals surface area contributed by atoms with E-state index in [4.69, 9.17) is 15.2 Å². The van der Waals surface area contributed by atoms with Crippen molar-refractivity contribution in [2.75, 3.05) is 18.9 Å². The Hall–Kier alpha value is -1.23. The molecular formula is C12H23N3O2. The van der Waals surface area contributed by atoms with Crippen LogP contribution in [0.15, 0.2) is 0 Å². The summed E-state index contributed by atoms with van der Waals surface area (Å²) in [5.41, 5.74) is 7.55. The smallest absolute Gasteiger partial charge is 0.235 e. The van der Waals surface area contributed by atoms with Gasteiger partial charge in [-0.25, -0.2) is 4.68 Å². The van der Waals surface area contributed by atoms with Gasteiger partial charge < -0.3 is 15.2 Å². The Morgan fingerprint density at radius 1 is 1.35 bits per heavy atom. The second-order valence-electron chi connectivity index (χ2n) is 4.31. The summed E-state index contributed by atoms with van der Waals surface area (Å²) >= 11 is 0. The van der Waals surface area contributed by atoms with Gasteiger partial charge in [0.2, 0.25) is 5.88 Å². The van der Waals surface area contributed by atoms with Crippen LogP contribution in [0.5, 0.6) is 5.88 Å². The number of nitrogens with two attached hydrogens (primary N) is 1. The molecule has 1 aromatic heterocycles. The SMILES string of the molecule is CCCc1nn(C)c(OCCOC(C)C)c1N. The number of rotatable bonds is 7. The van der Waals surface area contributed by atoms with Gasteiger partial charge in [-0.05, 0) is 20.3 Å². The van der Waals surface area contributed by atoms with Crippen LogP contribution in [-0.4, -0.2) is 29.1 Å². The number of nitrogen functional groups attached to an aromatic ring is 1. The lowest BCUT2D eigenvalue weighted by atomic mass is 10.2. The first-order valence-corrected chi connectivity index (χ1v) is 6.12. The summed E-state index contributed by atoms with van der Waals surface area (Å²) in [6.07, 6.45) is 2.13. The molecule has 0 unspecified atom stereocenters. The molecule has 0 aliphatic rings. The Kier molecular flexibility index (Phi) is 5.28. The molecule has 0 fully saturated rings. The van der Waals surface area contributed by atoms with E-state index in [1.165, 1.54) is 0 Å². The summed E-state index contributed by atoms with van der Waals surface area (Å²) in [7, 11) is 1.84. The average molecular weight is 241 g/mol. The van der Waals surface area contributed by atoms with Gasteiger partial charge in [0, 0.05) is 7.05 Å². The van der Waals surface area contributed by atoms with E-state index in [-0.39, 0.29) is 6.10 Å². The minimum atomic E-state index is 0.220. The van der Waals surface area contributed by atoms with Crippen molar-refractivity contribution in [1.29, 1.82) is 0 Å². The molecule has 98 valence electrons. The zero-order chi connectivity index (χ0) is 12.8. The molecule has 5 nitrogen and oxygen atoms in total. The quantitative estimate of drug-likeness (QED) is 0.739. The van der Waals surface area contributed by atoms with Crippen LogP contribution in [0.1, 0.15) is 32.9 Å². The molecule has 0 aliphatic carbocycles. The Morgan fingerprint density at radius 2 is 2.06 bits per heavy atom. The first-order chi connectivity index (χ1) is 8.06. The van der Waals surface area contributed by atoms with Gasteiger partial charge in [0.15, 0.2) is 0 Å².